The standard InChI is InChI=1S/C14H15F3N2O3/c1-22-13(21)11-6-8(7-18-11)19-12(20)9-4-2-3-5-10(9)14(15,16)17/h2-5,8,11,18H,6-7H2,1H3,(H,19,20)/t8-,11-/m0/s1. The van der Waals surface area contributed by atoms with Crippen LogP contribution in [0.3, 0.4) is 0 Å². The molecule has 1 saturated heterocycles. The number of halogens is 3. The van der Waals surface area contributed by atoms with Gasteiger partial charge in [-0.2, -0.15) is 13.2 Å². The Labute approximate surface area is 124 Å². The SMILES string of the molecule is COC(=O)[C@@H]1C[C@H](NC(=O)c2ccccc2C(F)(F)F)CN1. The van der Waals surface area contributed by atoms with E-state index in [-0.39, 0.29) is 6.42 Å². The predicted octanol–water partition coefficient (Wildman–Crippen LogP) is 1.34. The average Bonchev–Trinajstić information content (AvgIpc) is 2.94. The van der Waals surface area contributed by atoms with Crippen LogP contribution in [0.1, 0.15) is 22.3 Å². The van der Waals surface area contributed by atoms with Crippen molar-refractivity contribution in [3.63, 3.8) is 0 Å². The van der Waals surface area contributed by atoms with Gasteiger partial charge in [0.25, 0.3) is 5.91 Å². The summed E-state index contributed by atoms with van der Waals surface area (Å²) in [4.78, 5) is 23.4. The highest BCUT2D eigenvalue weighted by atomic mass is 19.4. The largest absolute Gasteiger partial charge is 0.468 e. The van der Waals surface area contributed by atoms with E-state index in [9.17, 15) is 22.8 Å². The lowest BCUT2D eigenvalue weighted by Gasteiger charge is -2.15. The van der Waals surface area contributed by atoms with E-state index in [1.54, 1.807) is 0 Å². The van der Waals surface area contributed by atoms with Gasteiger partial charge in [-0.15, -0.1) is 0 Å². The summed E-state index contributed by atoms with van der Waals surface area (Å²) in [5.74, 6) is -1.28. The molecule has 22 heavy (non-hydrogen) atoms. The van der Waals surface area contributed by atoms with Gasteiger partial charge in [-0.25, -0.2) is 0 Å². The smallest absolute Gasteiger partial charge is 0.417 e. The first-order valence-electron chi connectivity index (χ1n) is 6.61. The Bertz CT molecular complexity index is 575. The zero-order valence-corrected chi connectivity index (χ0v) is 11.7. The second kappa shape index (κ2) is 6.35. The van der Waals surface area contributed by atoms with Crippen molar-refractivity contribution >= 4 is 11.9 Å². The molecule has 2 atom stereocenters. The lowest BCUT2D eigenvalue weighted by Crippen LogP contribution is -2.37. The van der Waals surface area contributed by atoms with Crippen LogP contribution in [0.25, 0.3) is 0 Å². The summed E-state index contributed by atoms with van der Waals surface area (Å²) in [5, 5.41) is 5.35. The Kier molecular flexibility index (Phi) is 4.70. The summed E-state index contributed by atoms with van der Waals surface area (Å²) in [6.07, 6.45) is -4.33. The first kappa shape index (κ1) is 16.3. The van der Waals surface area contributed by atoms with Crippen molar-refractivity contribution in [2.75, 3.05) is 13.7 Å². The number of alkyl halides is 3. The molecule has 0 saturated carbocycles. The third-order valence-electron chi connectivity index (χ3n) is 3.43. The highest BCUT2D eigenvalue weighted by Gasteiger charge is 2.36. The zero-order chi connectivity index (χ0) is 16.3. The molecule has 0 bridgehead atoms. The molecule has 2 N–H and O–H groups in total. The van der Waals surface area contributed by atoms with Crippen LogP contribution in [0, 0.1) is 0 Å². The van der Waals surface area contributed by atoms with Gasteiger partial charge in [-0.3, -0.25) is 9.59 Å². The van der Waals surface area contributed by atoms with E-state index < -0.39 is 41.3 Å². The lowest BCUT2D eigenvalue weighted by atomic mass is 10.1. The molecular weight excluding hydrogens is 301 g/mol. The molecule has 2 rings (SSSR count). The van der Waals surface area contributed by atoms with E-state index in [0.29, 0.717) is 6.54 Å². The van der Waals surface area contributed by atoms with Crippen molar-refractivity contribution in [2.45, 2.75) is 24.7 Å². The average molecular weight is 316 g/mol. The first-order chi connectivity index (χ1) is 10.3. The number of carbonyl (C=O) groups excluding carboxylic acids is 2. The van der Waals surface area contributed by atoms with Crippen molar-refractivity contribution in [3.05, 3.63) is 35.4 Å². The van der Waals surface area contributed by atoms with Gasteiger partial charge in [0.05, 0.1) is 18.2 Å². The Morgan fingerprint density at radius 3 is 2.64 bits per heavy atom. The minimum Gasteiger partial charge on any atom is -0.468 e. The molecule has 1 heterocycles. The molecule has 1 aromatic carbocycles. The number of hydrogen-bond acceptors (Lipinski definition) is 4. The number of carbonyl (C=O) groups is 2. The second-order valence-electron chi connectivity index (χ2n) is 4.93. The third kappa shape index (κ3) is 3.56. The molecule has 1 fully saturated rings. The minimum atomic E-state index is -4.60. The van der Waals surface area contributed by atoms with E-state index >= 15 is 0 Å². The van der Waals surface area contributed by atoms with E-state index in [4.69, 9.17) is 0 Å². The van der Waals surface area contributed by atoms with Gasteiger partial charge in [0.15, 0.2) is 0 Å². The number of benzene rings is 1. The zero-order valence-electron chi connectivity index (χ0n) is 11.7. The van der Waals surface area contributed by atoms with Gasteiger partial charge in [0, 0.05) is 12.6 Å². The van der Waals surface area contributed by atoms with Gasteiger partial charge in [0.1, 0.15) is 6.04 Å². The molecule has 1 amide bonds. The van der Waals surface area contributed by atoms with Crippen LogP contribution in [0.2, 0.25) is 0 Å². The number of amides is 1. The molecule has 0 spiro atoms. The fraction of sp³-hybridized carbons (Fsp3) is 0.429. The molecule has 1 aliphatic heterocycles. The number of esters is 1. The first-order valence-corrected chi connectivity index (χ1v) is 6.61. The van der Waals surface area contributed by atoms with Gasteiger partial charge in [0.2, 0.25) is 0 Å². The third-order valence-corrected chi connectivity index (χ3v) is 3.43. The quantitative estimate of drug-likeness (QED) is 0.826. The van der Waals surface area contributed by atoms with Crippen LogP contribution in [0.4, 0.5) is 13.2 Å². The Hall–Kier alpha value is -2.09. The molecule has 1 aliphatic rings. The van der Waals surface area contributed by atoms with Crippen LogP contribution in [0.5, 0.6) is 0 Å². The molecule has 0 unspecified atom stereocenters. The fourth-order valence-corrected chi connectivity index (χ4v) is 2.36. The van der Waals surface area contributed by atoms with Gasteiger partial charge in [-0.05, 0) is 18.6 Å². The molecule has 8 heteroatoms. The summed E-state index contributed by atoms with van der Waals surface area (Å²) >= 11 is 0. The molecule has 0 aliphatic carbocycles. The van der Waals surface area contributed by atoms with Crippen LogP contribution in [-0.4, -0.2) is 37.6 Å². The van der Waals surface area contributed by atoms with Crippen molar-refractivity contribution < 1.29 is 27.5 Å². The van der Waals surface area contributed by atoms with Gasteiger partial charge < -0.3 is 15.4 Å². The van der Waals surface area contributed by atoms with Crippen LogP contribution in [0.15, 0.2) is 24.3 Å². The summed E-state index contributed by atoms with van der Waals surface area (Å²) < 4.78 is 43.2. The maximum Gasteiger partial charge on any atom is 0.417 e. The fourth-order valence-electron chi connectivity index (χ4n) is 2.36. The minimum absolute atomic E-state index is 0.270. The molecule has 5 nitrogen and oxygen atoms in total. The van der Waals surface area contributed by atoms with Crippen molar-refractivity contribution in [1.82, 2.24) is 10.6 Å². The molecular formula is C14H15F3N2O3. The van der Waals surface area contributed by atoms with Crippen LogP contribution < -0.4 is 10.6 Å². The van der Waals surface area contributed by atoms with E-state index in [2.05, 4.69) is 15.4 Å². The Morgan fingerprint density at radius 2 is 2.00 bits per heavy atom. The van der Waals surface area contributed by atoms with Gasteiger partial charge in [-0.1, -0.05) is 12.1 Å². The van der Waals surface area contributed by atoms with Crippen molar-refractivity contribution in [1.29, 1.82) is 0 Å². The molecule has 0 aromatic heterocycles. The topological polar surface area (TPSA) is 67.4 Å². The monoisotopic (exact) mass is 316 g/mol. The number of methoxy groups -OCH3 is 1. The predicted molar refractivity (Wildman–Crippen MR) is 71.1 cm³/mol. The molecule has 120 valence electrons. The van der Waals surface area contributed by atoms with Crippen LogP contribution >= 0.6 is 0 Å². The van der Waals surface area contributed by atoms with Crippen LogP contribution in [-0.2, 0) is 15.7 Å². The highest BCUT2D eigenvalue weighted by molar-refractivity contribution is 5.96. The maximum atomic E-state index is 12.9. The number of hydrogen-bond donors (Lipinski definition) is 2. The number of rotatable bonds is 3. The lowest BCUT2D eigenvalue weighted by molar-refractivity contribution is -0.142. The van der Waals surface area contributed by atoms with Gasteiger partial charge >= 0.3 is 12.1 Å². The van der Waals surface area contributed by atoms with E-state index in [1.165, 1.54) is 19.2 Å². The second-order valence-corrected chi connectivity index (χ2v) is 4.93. The summed E-state index contributed by atoms with van der Waals surface area (Å²) in [6.45, 7) is 0.291. The highest BCUT2D eigenvalue weighted by Crippen LogP contribution is 2.31. The van der Waals surface area contributed by atoms with E-state index in [0.717, 1.165) is 12.1 Å². The summed E-state index contributed by atoms with van der Waals surface area (Å²) in [5.41, 5.74) is -1.42. The summed E-state index contributed by atoms with van der Waals surface area (Å²) in [7, 11) is 1.25. The summed E-state index contributed by atoms with van der Waals surface area (Å²) in [6, 6.07) is 3.58. The Balaban J connectivity index is 2.07. The maximum absolute atomic E-state index is 12.9. The van der Waals surface area contributed by atoms with Crippen molar-refractivity contribution in [2.24, 2.45) is 0 Å². The Morgan fingerprint density at radius 1 is 1.32 bits per heavy atom. The molecule has 0 radical (unpaired) electrons. The molecule has 1 aromatic rings. The van der Waals surface area contributed by atoms with E-state index in [1.807, 2.05) is 0 Å². The normalized spacial score (nSPS) is 21.5. The number of ether oxygens (including phenoxy) is 1. The number of nitrogens with one attached hydrogen (secondary N) is 2. The van der Waals surface area contributed by atoms with Crippen molar-refractivity contribution in [3.8, 4) is 0 Å².